The second kappa shape index (κ2) is 4.90. The number of nitrogens with two attached hydrogens (primary N) is 1. The van der Waals surface area contributed by atoms with Gasteiger partial charge in [-0.15, -0.1) is 10.2 Å². The van der Waals surface area contributed by atoms with Crippen LogP contribution in [0.25, 0.3) is 5.69 Å². The summed E-state index contributed by atoms with van der Waals surface area (Å²) in [5.41, 5.74) is 7.00. The van der Waals surface area contributed by atoms with Crippen LogP contribution in [0.2, 0.25) is 0 Å². The molecule has 4 heteroatoms. The molecular formula is C12H16N4. The fourth-order valence-corrected chi connectivity index (χ4v) is 1.58. The highest BCUT2D eigenvalue weighted by molar-refractivity contribution is 5.32. The number of hydrogen-bond acceptors (Lipinski definition) is 3. The number of aromatic nitrogens is 3. The molecule has 0 saturated carbocycles. The zero-order chi connectivity index (χ0) is 11.4. The minimum absolute atomic E-state index is 0.145. The second-order valence-corrected chi connectivity index (χ2v) is 3.83. The van der Waals surface area contributed by atoms with E-state index < -0.39 is 0 Å². The molecule has 0 fully saturated rings. The molecule has 0 saturated heterocycles. The van der Waals surface area contributed by atoms with Gasteiger partial charge in [0.1, 0.15) is 12.2 Å². The Hall–Kier alpha value is -1.68. The van der Waals surface area contributed by atoms with E-state index >= 15 is 0 Å². The van der Waals surface area contributed by atoms with Gasteiger partial charge in [0.05, 0.1) is 0 Å². The first-order valence-corrected chi connectivity index (χ1v) is 5.51. The SMILES string of the molecule is CCC(N)Cc1nncn1-c1ccccc1. The van der Waals surface area contributed by atoms with Crippen LogP contribution in [0.1, 0.15) is 19.2 Å². The third-order valence-corrected chi connectivity index (χ3v) is 2.62. The lowest BCUT2D eigenvalue weighted by atomic mass is 10.1. The maximum atomic E-state index is 5.93. The first-order chi connectivity index (χ1) is 7.81. The Bertz CT molecular complexity index is 435. The predicted molar refractivity (Wildman–Crippen MR) is 63.3 cm³/mol. The molecule has 2 N–H and O–H groups in total. The molecule has 1 atom stereocenters. The Kier molecular flexibility index (Phi) is 3.31. The van der Waals surface area contributed by atoms with Crippen molar-refractivity contribution in [3.63, 3.8) is 0 Å². The van der Waals surface area contributed by atoms with Gasteiger partial charge in [-0.25, -0.2) is 0 Å². The summed E-state index contributed by atoms with van der Waals surface area (Å²) in [6.45, 7) is 2.08. The fourth-order valence-electron chi connectivity index (χ4n) is 1.58. The molecule has 0 amide bonds. The molecule has 84 valence electrons. The quantitative estimate of drug-likeness (QED) is 0.843. The van der Waals surface area contributed by atoms with E-state index in [4.69, 9.17) is 5.73 Å². The number of para-hydroxylation sites is 1. The van der Waals surface area contributed by atoms with Crippen molar-refractivity contribution >= 4 is 0 Å². The van der Waals surface area contributed by atoms with Crippen molar-refractivity contribution in [2.75, 3.05) is 0 Å². The third-order valence-electron chi connectivity index (χ3n) is 2.62. The highest BCUT2D eigenvalue weighted by Gasteiger charge is 2.09. The van der Waals surface area contributed by atoms with Gasteiger partial charge in [-0.3, -0.25) is 4.57 Å². The smallest absolute Gasteiger partial charge is 0.138 e. The molecule has 0 radical (unpaired) electrons. The maximum absolute atomic E-state index is 5.93. The first-order valence-electron chi connectivity index (χ1n) is 5.51. The number of hydrogen-bond donors (Lipinski definition) is 1. The summed E-state index contributed by atoms with van der Waals surface area (Å²) in [5, 5.41) is 8.06. The zero-order valence-electron chi connectivity index (χ0n) is 9.37. The number of benzene rings is 1. The molecular weight excluding hydrogens is 200 g/mol. The van der Waals surface area contributed by atoms with Crippen LogP contribution in [-0.2, 0) is 6.42 Å². The summed E-state index contributed by atoms with van der Waals surface area (Å²) in [5.74, 6) is 0.917. The van der Waals surface area contributed by atoms with Crippen LogP contribution in [0.4, 0.5) is 0 Å². The average molecular weight is 216 g/mol. The van der Waals surface area contributed by atoms with E-state index in [9.17, 15) is 0 Å². The Labute approximate surface area is 95.1 Å². The van der Waals surface area contributed by atoms with Crippen LogP contribution in [0.15, 0.2) is 36.7 Å². The van der Waals surface area contributed by atoms with Crippen molar-refractivity contribution in [1.82, 2.24) is 14.8 Å². The van der Waals surface area contributed by atoms with Crippen LogP contribution in [0.5, 0.6) is 0 Å². The van der Waals surface area contributed by atoms with E-state index in [0.717, 1.165) is 24.4 Å². The van der Waals surface area contributed by atoms with Crippen LogP contribution >= 0.6 is 0 Å². The van der Waals surface area contributed by atoms with Crippen LogP contribution < -0.4 is 5.73 Å². The van der Waals surface area contributed by atoms with Crippen molar-refractivity contribution in [3.8, 4) is 5.69 Å². The van der Waals surface area contributed by atoms with Gasteiger partial charge in [-0.05, 0) is 18.6 Å². The summed E-state index contributed by atoms with van der Waals surface area (Å²) in [6.07, 6.45) is 3.43. The first kappa shape index (κ1) is 10.8. The minimum atomic E-state index is 0.145. The fraction of sp³-hybridized carbons (Fsp3) is 0.333. The highest BCUT2D eigenvalue weighted by atomic mass is 15.3. The maximum Gasteiger partial charge on any atom is 0.138 e. The van der Waals surface area contributed by atoms with E-state index in [1.807, 2.05) is 34.9 Å². The monoisotopic (exact) mass is 216 g/mol. The van der Waals surface area contributed by atoms with Gasteiger partial charge >= 0.3 is 0 Å². The van der Waals surface area contributed by atoms with E-state index in [1.165, 1.54) is 0 Å². The lowest BCUT2D eigenvalue weighted by molar-refractivity contribution is 0.617. The van der Waals surface area contributed by atoms with Crippen molar-refractivity contribution in [3.05, 3.63) is 42.5 Å². The summed E-state index contributed by atoms with van der Waals surface area (Å²) in [4.78, 5) is 0. The third kappa shape index (κ3) is 2.28. The van der Waals surface area contributed by atoms with Gasteiger partial charge in [-0.1, -0.05) is 25.1 Å². The van der Waals surface area contributed by atoms with E-state index in [1.54, 1.807) is 6.33 Å². The lowest BCUT2D eigenvalue weighted by Crippen LogP contribution is -2.23. The van der Waals surface area contributed by atoms with E-state index in [-0.39, 0.29) is 6.04 Å². The largest absolute Gasteiger partial charge is 0.327 e. The van der Waals surface area contributed by atoms with Gasteiger partial charge in [0.25, 0.3) is 0 Å². The molecule has 1 aromatic heterocycles. The van der Waals surface area contributed by atoms with Gasteiger partial charge in [0.15, 0.2) is 0 Å². The molecule has 0 aliphatic rings. The summed E-state index contributed by atoms with van der Waals surface area (Å²) >= 11 is 0. The molecule has 0 aliphatic heterocycles. The van der Waals surface area contributed by atoms with Crippen molar-refractivity contribution in [1.29, 1.82) is 0 Å². The van der Waals surface area contributed by atoms with Gasteiger partial charge < -0.3 is 5.73 Å². The molecule has 16 heavy (non-hydrogen) atoms. The molecule has 0 aliphatic carbocycles. The number of rotatable bonds is 4. The molecule has 1 heterocycles. The minimum Gasteiger partial charge on any atom is -0.327 e. The van der Waals surface area contributed by atoms with Crippen LogP contribution in [0, 0.1) is 0 Å². The second-order valence-electron chi connectivity index (χ2n) is 3.83. The Morgan fingerprint density at radius 1 is 1.31 bits per heavy atom. The topological polar surface area (TPSA) is 56.7 Å². The average Bonchev–Trinajstić information content (AvgIpc) is 2.78. The van der Waals surface area contributed by atoms with E-state index in [0.29, 0.717) is 0 Å². The van der Waals surface area contributed by atoms with Gasteiger partial charge in [0.2, 0.25) is 0 Å². The summed E-state index contributed by atoms with van der Waals surface area (Å²) in [7, 11) is 0. The molecule has 0 spiro atoms. The molecule has 0 bridgehead atoms. The Morgan fingerprint density at radius 2 is 2.06 bits per heavy atom. The van der Waals surface area contributed by atoms with Crippen molar-refractivity contribution in [2.45, 2.75) is 25.8 Å². The van der Waals surface area contributed by atoms with Crippen LogP contribution in [-0.4, -0.2) is 20.8 Å². The Balaban J connectivity index is 2.26. The molecule has 1 unspecified atom stereocenters. The normalized spacial score (nSPS) is 12.6. The van der Waals surface area contributed by atoms with Gasteiger partial charge in [-0.2, -0.15) is 0 Å². The van der Waals surface area contributed by atoms with Crippen molar-refractivity contribution in [2.24, 2.45) is 5.73 Å². The number of nitrogens with zero attached hydrogens (tertiary/aromatic N) is 3. The van der Waals surface area contributed by atoms with Crippen LogP contribution in [0.3, 0.4) is 0 Å². The molecule has 4 nitrogen and oxygen atoms in total. The zero-order valence-corrected chi connectivity index (χ0v) is 9.37. The molecule has 1 aromatic carbocycles. The molecule has 2 aromatic rings. The lowest BCUT2D eigenvalue weighted by Gasteiger charge is -2.09. The molecule has 2 rings (SSSR count). The summed E-state index contributed by atoms with van der Waals surface area (Å²) < 4.78 is 1.98. The van der Waals surface area contributed by atoms with Crippen molar-refractivity contribution < 1.29 is 0 Å². The highest BCUT2D eigenvalue weighted by Crippen LogP contribution is 2.10. The predicted octanol–water partition coefficient (Wildman–Crippen LogP) is 1.55. The van der Waals surface area contributed by atoms with Gasteiger partial charge in [0, 0.05) is 18.2 Å². The standard InChI is InChI=1S/C12H16N4/c1-2-10(13)8-12-15-14-9-16(12)11-6-4-3-5-7-11/h3-7,9-10H,2,8,13H2,1H3. The van der Waals surface area contributed by atoms with E-state index in [2.05, 4.69) is 17.1 Å². The summed E-state index contributed by atoms with van der Waals surface area (Å²) in [6, 6.07) is 10.2. The Morgan fingerprint density at radius 3 is 2.75 bits per heavy atom.